The molecule has 0 aromatic heterocycles. The van der Waals surface area contributed by atoms with E-state index in [1.54, 1.807) is 34.6 Å². The van der Waals surface area contributed by atoms with Gasteiger partial charge in [-0.1, -0.05) is 0 Å². The van der Waals surface area contributed by atoms with Crippen LogP contribution in [0.1, 0.15) is 34.6 Å². The van der Waals surface area contributed by atoms with Gasteiger partial charge in [-0.25, -0.2) is 0 Å². The van der Waals surface area contributed by atoms with Crippen LogP contribution in [-0.2, 0) is 32.0 Å². The highest BCUT2D eigenvalue weighted by Crippen LogP contribution is 2.74. The molecule has 0 spiro atoms. The predicted octanol–water partition coefficient (Wildman–Crippen LogP) is 4.86. The van der Waals surface area contributed by atoms with Gasteiger partial charge in [0.15, 0.2) is 0 Å². The highest BCUT2D eigenvalue weighted by molar-refractivity contribution is 8.29. The molecule has 0 unspecified atom stereocenters. The molecule has 0 aliphatic rings. The number of hydrogen-bond acceptors (Lipinski definition) is 9. The molecule has 0 radical (unpaired) electrons. The molecule has 0 saturated heterocycles. The fraction of sp³-hybridized carbons (Fsp3) is 0.917. The maximum atomic E-state index is 13.1. The summed E-state index contributed by atoms with van der Waals surface area (Å²) < 4.78 is 51.6. The molecule has 23 heavy (non-hydrogen) atoms. The summed E-state index contributed by atoms with van der Waals surface area (Å²) in [5.41, 5.74) is 0. The quantitative estimate of drug-likeness (QED) is 0.332. The topological polar surface area (TPSA) is 80.3 Å². The second kappa shape index (κ2) is 12.0. The summed E-state index contributed by atoms with van der Waals surface area (Å²) >= 11 is 5.91. The van der Waals surface area contributed by atoms with Crippen LogP contribution in [0.3, 0.4) is 0 Å². The first-order valence-corrected chi connectivity index (χ1v) is 12.0. The zero-order valence-electron chi connectivity index (χ0n) is 14.2. The molecule has 0 N–H and O–H groups in total. The van der Waals surface area contributed by atoms with E-state index in [0.717, 1.165) is 11.8 Å². The summed E-state index contributed by atoms with van der Waals surface area (Å²) in [6.45, 7) is 9.24. The van der Waals surface area contributed by atoms with Gasteiger partial charge < -0.3 is 22.8 Å². The smallest absolute Gasteiger partial charge is 0.356 e. The highest BCUT2D eigenvalue weighted by Gasteiger charge is 2.52. The minimum absolute atomic E-state index is 0.0803. The van der Waals surface area contributed by atoms with Gasteiger partial charge in [0.25, 0.3) is 0 Å². The van der Waals surface area contributed by atoms with E-state index in [-0.39, 0.29) is 30.8 Å². The zero-order valence-corrected chi connectivity index (χ0v) is 17.6. The van der Waals surface area contributed by atoms with E-state index in [2.05, 4.69) is 0 Å². The van der Waals surface area contributed by atoms with E-state index in [9.17, 15) is 9.13 Å². The molecule has 0 aliphatic carbocycles. The lowest BCUT2D eigenvalue weighted by molar-refractivity contribution is 0.203. The largest absolute Gasteiger partial charge is 0.479 e. The first-order valence-electron chi connectivity index (χ1n) is 7.44. The third-order valence-electron chi connectivity index (χ3n) is 2.24. The molecule has 0 saturated carbocycles. The summed E-state index contributed by atoms with van der Waals surface area (Å²) in [5, 5.41) is 0. The van der Waals surface area contributed by atoms with Gasteiger partial charge in [-0.15, -0.1) is 0 Å². The standard InChI is InChI=1S/C12H26O7P2S2/c1-6-15-11(22)23-12(20(13,16-7-2)17-8-3)21(14,18-9-4)19-10-5/h12H,6-10H2,1-5H3. The van der Waals surface area contributed by atoms with Crippen molar-refractivity contribution < 1.29 is 32.0 Å². The Morgan fingerprint density at radius 1 is 0.826 bits per heavy atom. The van der Waals surface area contributed by atoms with Crippen LogP contribution in [0.2, 0.25) is 0 Å². The van der Waals surface area contributed by atoms with Crippen molar-refractivity contribution in [3.8, 4) is 0 Å². The Hall–Kier alpha value is 0.540. The minimum atomic E-state index is -3.81. The van der Waals surface area contributed by atoms with Crippen LogP contribution in [0.25, 0.3) is 0 Å². The second-order valence-corrected chi connectivity index (χ2v) is 10.9. The molecule has 0 rings (SSSR count). The fourth-order valence-corrected chi connectivity index (χ4v) is 9.40. The van der Waals surface area contributed by atoms with E-state index in [0.29, 0.717) is 6.61 Å². The lowest BCUT2D eigenvalue weighted by Gasteiger charge is -2.30. The van der Waals surface area contributed by atoms with E-state index >= 15 is 0 Å². The Morgan fingerprint density at radius 3 is 1.43 bits per heavy atom. The molecule has 0 aromatic rings. The lowest BCUT2D eigenvalue weighted by atomic mass is 10.9. The summed E-state index contributed by atoms with van der Waals surface area (Å²) in [5.74, 6) is 0. The number of hydrogen-bond donors (Lipinski definition) is 0. The SMILES string of the molecule is CCOC(=S)SC(P(=O)(OCC)OCC)P(=O)(OCC)OCC. The Balaban J connectivity index is 5.79. The number of thioether (sulfide) groups is 1. The van der Waals surface area contributed by atoms with Gasteiger partial charge in [0, 0.05) is 0 Å². The molecular formula is C12H26O7P2S2. The van der Waals surface area contributed by atoms with Gasteiger partial charge in [-0.05, 0) is 58.6 Å². The van der Waals surface area contributed by atoms with Crippen LogP contribution < -0.4 is 0 Å². The first kappa shape index (κ1) is 23.5. The molecule has 7 nitrogen and oxygen atoms in total. The Morgan fingerprint density at radius 2 is 1.17 bits per heavy atom. The average molecular weight is 408 g/mol. The van der Waals surface area contributed by atoms with Crippen molar-refractivity contribution in [2.45, 2.75) is 39.4 Å². The third kappa shape index (κ3) is 7.53. The van der Waals surface area contributed by atoms with Crippen LogP contribution in [-0.4, -0.2) is 42.1 Å². The van der Waals surface area contributed by atoms with Crippen LogP contribution in [0.4, 0.5) is 0 Å². The van der Waals surface area contributed by atoms with E-state index in [1.165, 1.54) is 0 Å². The van der Waals surface area contributed by atoms with E-state index in [4.69, 9.17) is 35.0 Å². The molecule has 0 fully saturated rings. The van der Waals surface area contributed by atoms with Crippen molar-refractivity contribution in [1.82, 2.24) is 0 Å². The molecule has 0 bridgehead atoms. The normalized spacial score (nSPS) is 12.6. The third-order valence-corrected chi connectivity index (χ3v) is 10.6. The van der Waals surface area contributed by atoms with Crippen molar-refractivity contribution >= 4 is 43.6 Å². The second-order valence-electron chi connectivity index (χ2n) is 3.88. The molecule has 0 heterocycles. The number of thiocarbonyl (C=S) groups is 1. The van der Waals surface area contributed by atoms with Crippen LogP contribution in [0.15, 0.2) is 0 Å². The van der Waals surface area contributed by atoms with Gasteiger partial charge in [-0.3, -0.25) is 9.13 Å². The molecule has 138 valence electrons. The fourth-order valence-electron chi connectivity index (χ4n) is 1.59. The van der Waals surface area contributed by atoms with Crippen LogP contribution in [0.5, 0.6) is 0 Å². The van der Waals surface area contributed by atoms with Gasteiger partial charge >= 0.3 is 15.2 Å². The first-order chi connectivity index (χ1) is 10.8. The van der Waals surface area contributed by atoms with Crippen molar-refractivity contribution in [2.24, 2.45) is 0 Å². The van der Waals surface area contributed by atoms with Crippen molar-refractivity contribution in [1.29, 1.82) is 0 Å². The minimum Gasteiger partial charge on any atom is -0.479 e. The van der Waals surface area contributed by atoms with Gasteiger partial charge in [0.05, 0.1) is 33.0 Å². The Kier molecular flexibility index (Phi) is 12.3. The summed E-state index contributed by atoms with van der Waals surface area (Å²) in [6, 6.07) is 0. The summed E-state index contributed by atoms with van der Waals surface area (Å²) in [6.07, 6.45) is 0. The molecule has 0 aromatic carbocycles. The van der Waals surface area contributed by atoms with E-state index < -0.39 is 19.9 Å². The van der Waals surface area contributed by atoms with Gasteiger partial charge in [0.2, 0.25) is 9.11 Å². The summed E-state index contributed by atoms with van der Waals surface area (Å²) in [4.78, 5) is 0. The maximum Gasteiger partial charge on any atom is 0.356 e. The molecule has 11 heteroatoms. The molecule has 0 amide bonds. The van der Waals surface area contributed by atoms with Gasteiger partial charge in [0.1, 0.15) is 0 Å². The van der Waals surface area contributed by atoms with Crippen molar-refractivity contribution in [2.75, 3.05) is 33.0 Å². The predicted molar refractivity (Wildman–Crippen MR) is 97.3 cm³/mol. The molecule has 0 atom stereocenters. The van der Waals surface area contributed by atoms with E-state index in [1.807, 2.05) is 0 Å². The van der Waals surface area contributed by atoms with Gasteiger partial charge in [-0.2, -0.15) is 0 Å². The number of rotatable bonds is 12. The Bertz CT molecular complexity index is 397. The monoisotopic (exact) mass is 408 g/mol. The molecular weight excluding hydrogens is 382 g/mol. The molecule has 0 aliphatic heterocycles. The summed E-state index contributed by atoms with van der Waals surface area (Å²) in [7, 11) is -7.61. The van der Waals surface area contributed by atoms with Crippen molar-refractivity contribution in [3.05, 3.63) is 0 Å². The Labute approximate surface area is 148 Å². The number of ether oxygens (including phenoxy) is 1. The average Bonchev–Trinajstić information content (AvgIpc) is 2.46. The van der Waals surface area contributed by atoms with Crippen molar-refractivity contribution in [3.63, 3.8) is 0 Å². The maximum absolute atomic E-state index is 13.1. The van der Waals surface area contributed by atoms with Crippen LogP contribution in [0, 0.1) is 0 Å². The van der Waals surface area contributed by atoms with Crippen LogP contribution >= 0.6 is 39.2 Å². The lowest BCUT2D eigenvalue weighted by Crippen LogP contribution is -2.17. The zero-order chi connectivity index (χ0) is 17.9. The highest BCUT2D eigenvalue weighted by atomic mass is 32.2.